The van der Waals surface area contributed by atoms with Crippen LogP contribution in [0.2, 0.25) is 0 Å². The van der Waals surface area contributed by atoms with Crippen molar-refractivity contribution < 1.29 is 19.7 Å². The van der Waals surface area contributed by atoms with Crippen molar-refractivity contribution in [2.75, 3.05) is 39.3 Å². The minimum Gasteiger partial charge on any atom is -0.446 e. The summed E-state index contributed by atoms with van der Waals surface area (Å²) in [7, 11) is 0. The summed E-state index contributed by atoms with van der Waals surface area (Å²) >= 11 is 0. The number of aliphatic hydroxyl groups is 2. The highest BCUT2D eigenvalue weighted by Gasteiger charge is 2.36. The lowest BCUT2D eigenvalue weighted by atomic mass is 9.73. The number of hydrogen-bond acceptors (Lipinski definition) is 7. The number of nitrogens with one attached hydrogen (secondary N) is 2. The van der Waals surface area contributed by atoms with Gasteiger partial charge in [0.25, 0.3) is 0 Å². The lowest BCUT2D eigenvalue weighted by Gasteiger charge is -2.45. The van der Waals surface area contributed by atoms with Crippen LogP contribution in [0, 0.1) is 12.3 Å². The SMILES string of the molecule is Cc1cc(/C=C/CCN2CCCC3(CCNCC3)C2)ccc1Cc1c(OC2CC(O)CC(CO)O2)n[nH]c1C(C)C. The first kappa shape index (κ1) is 30.2. The summed E-state index contributed by atoms with van der Waals surface area (Å²) in [4.78, 5) is 2.69. The molecule has 8 nitrogen and oxygen atoms in total. The molecule has 5 rings (SSSR count). The van der Waals surface area contributed by atoms with Gasteiger partial charge in [0.15, 0.2) is 0 Å². The van der Waals surface area contributed by atoms with Gasteiger partial charge in [0.05, 0.1) is 18.8 Å². The van der Waals surface area contributed by atoms with Crippen molar-refractivity contribution in [3.8, 4) is 5.88 Å². The molecule has 1 aromatic heterocycles. The van der Waals surface area contributed by atoms with E-state index < -0.39 is 18.5 Å². The van der Waals surface area contributed by atoms with E-state index in [4.69, 9.17) is 9.47 Å². The van der Waals surface area contributed by atoms with Crippen LogP contribution in [-0.2, 0) is 11.2 Å². The van der Waals surface area contributed by atoms with E-state index in [-0.39, 0.29) is 12.5 Å². The van der Waals surface area contributed by atoms with Gasteiger partial charge in [-0.2, -0.15) is 0 Å². The van der Waals surface area contributed by atoms with E-state index in [2.05, 4.69) is 71.5 Å². The number of rotatable bonds is 10. The number of aromatic amines is 1. The Labute approximate surface area is 245 Å². The van der Waals surface area contributed by atoms with E-state index in [1.165, 1.54) is 68.6 Å². The summed E-state index contributed by atoms with van der Waals surface area (Å²) in [5.41, 5.74) is 6.32. The molecule has 41 heavy (non-hydrogen) atoms. The van der Waals surface area contributed by atoms with Crippen molar-refractivity contribution in [2.45, 2.75) is 96.6 Å². The van der Waals surface area contributed by atoms with Crippen molar-refractivity contribution in [3.05, 3.63) is 52.2 Å². The average molecular weight is 567 g/mol. The van der Waals surface area contributed by atoms with Crippen LogP contribution in [0.15, 0.2) is 24.3 Å². The van der Waals surface area contributed by atoms with Crippen molar-refractivity contribution >= 4 is 6.08 Å². The highest BCUT2D eigenvalue weighted by Crippen LogP contribution is 2.38. The second-order valence-electron chi connectivity index (χ2n) is 12.9. The van der Waals surface area contributed by atoms with Gasteiger partial charge in [-0.3, -0.25) is 5.10 Å². The number of likely N-dealkylation sites (tertiary alicyclic amines) is 1. The normalized spacial score (nSPS) is 25.4. The molecule has 3 fully saturated rings. The summed E-state index contributed by atoms with van der Waals surface area (Å²) in [5.74, 6) is 0.766. The predicted molar refractivity (Wildman–Crippen MR) is 162 cm³/mol. The van der Waals surface area contributed by atoms with E-state index in [1.807, 2.05) is 0 Å². The largest absolute Gasteiger partial charge is 0.446 e. The molecule has 3 saturated heterocycles. The van der Waals surface area contributed by atoms with E-state index >= 15 is 0 Å². The van der Waals surface area contributed by atoms with Crippen molar-refractivity contribution in [3.63, 3.8) is 0 Å². The van der Waals surface area contributed by atoms with Crippen molar-refractivity contribution in [1.82, 2.24) is 20.4 Å². The molecule has 0 radical (unpaired) electrons. The minimum atomic E-state index is -0.637. The van der Waals surface area contributed by atoms with Gasteiger partial charge >= 0.3 is 0 Å². The lowest BCUT2D eigenvalue weighted by molar-refractivity contribution is -0.186. The summed E-state index contributed by atoms with van der Waals surface area (Å²) in [6.07, 6.45) is 10.9. The molecule has 3 atom stereocenters. The number of aryl methyl sites for hydroxylation is 1. The second kappa shape index (κ2) is 13.8. The topological polar surface area (TPSA) is 103 Å². The molecular formula is C33H50N4O4. The van der Waals surface area contributed by atoms with Gasteiger partial charge in [-0.1, -0.05) is 44.2 Å². The maximum Gasteiger partial charge on any atom is 0.238 e. The van der Waals surface area contributed by atoms with Gasteiger partial charge in [-0.25, -0.2) is 0 Å². The average Bonchev–Trinajstić information content (AvgIpc) is 3.34. The Hall–Kier alpha value is -2.23. The first-order chi connectivity index (χ1) is 19.8. The molecule has 0 saturated carbocycles. The number of aliphatic hydroxyl groups excluding tert-OH is 2. The van der Waals surface area contributed by atoms with E-state index in [0.717, 1.165) is 24.2 Å². The van der Waals surface area contributed by atoms with Gasteiger partial charge < -0.3 is 29.9 Å². The highest BCUT2D eigenvalue weighted by atomic mass is 16.7. The minimum absolute atomic E-state index is 0.140. The number of aromatic nitrogens is 2. The molecule has 0 aliphatic carbocycles. The van der Waals surface area contributed by atoms with Crippen LogP contribution in [0.5, 0.6) is 5.88 Å². The van der Waals surface area contributed by atoms with Crippen molar-refractivity contribution in [1.29, 1.82) is 0 Å². The molecule has 4 N–H and O–H groups in total. The Bertz CT molecular complexity index is 1150. The Balaban J connectivity index is 1.19. The smallest absolute Gasteiger partial charge is 0.238 e. The summed E-state index contributed by atoms with van der Waals surface area (Å²) in [6, 6.07) is 6.68. The molecule has 8 heteroatoms. The molecule has 3 aliphatic rings. The first-order valence-electron chi connectivity index (χ1n) is 15.7. The van der Waals surface area contributed by atoms with Crippen LogP contribution in [0.25, 0.3) is 6.08 Å². The van der Waals surface area contributed by atoms with E-state index in [1.54, 1.807) is 0 Å². The molecule has 3 unspecified atom stereocenters. The molecule has 3 aliphatic heterocycles. The standard InChI is InChI=1S/C33H50N4O4/c1-23(2)31-29(32(36-35-31)41-30-20-27(39)19-28(21-38)40-30)18-26-9-8-25(17-24(26)3)7-4-5-15-37-16-6-10-33(22-37)11-13-34-14-12-33/h4,7-9,17,23,27-28,30,34,38-39H,5-6,10-16,18-22H2,1-3H3,(H,35,36)/b7-4+. The fourth-order valence-electron chi connectivity index (χ4n) is 6.93. The summed E-state index contributed by atoms with van der Waals surface area (Å²) in [5, 5.41) is 30.9. The highest BCUT2D eigenvalue weighted by molar-refractivity contribution is 5.52. The van der Waals surface area contributed by atoms with Gasteiger partial charge in [0.1, 0.15) is 0 Å². The van der Waals surface area contributed by atoms with Crippen LogP contribution in [0.1, 0.15) is 92.7 Å². The zero-order valence-electron chi connectivity index (χ0n) is 25.2. The maximum absolute atomic E-state index is 10.2. The van der Waals surface area contributed by atoms with Crippen molar-refractivity contribution in [2.24, 2.45) is 5.41 Å². The number of nitrogens with zero attached hydrogens (tertiary/aromatic N) is 2. The third-order valence-electron chi connectivity index (χ3n) is 9.29. The second-order valence-corrected chi connectivity index (χ2v) is 12.9. The van der Waals surface area contributed by atoms with Crippen LogP contribution >= 0.6 is 0 Å². The monoisotopic (exact) mass is 566 g/mol. The van der Waals surface area contributed by atoms with E-state index in [9.17, 15) is 10.2 Å². The Morgan fingerprint density at radius 1 is 1.22 bits per heavy atom. The number of ether oxygens (including phenoxy) is 2. The molecule has 1 spiro atoms. The molecular weight excluding hydrogens is 516 g/mol. The van der Waals surface area contributed by atoms with Crippen LogP contribution in [0.3, 0.4) is 0 Å². The zero-order valence-corrected chi connectivity index (χ0v) is 25.2. The molecule has 2 aromatic rings. The van der Waals surface area contributed by atoms with Crippen LogP contribution in [0.4, 0.5) is 0 Å². The molecule has 1 aromatic carbocycles. The predicted octanol–water partition coefficient (Wildman–Crippen LogP) is 4.54. The third-order valence-corrected chi connectivity index (χ3v) is 9.29. The van der Waals surface area contributed by atoms with Gasteiger partial charge in [0, 0.05) is 43.6 Å². The van der Waals surface area contributed by atoms with Crippen LogP contribution < -0.4 is 10.1 Å². The number of benzene rings is 1. The lowest BCUT2D eigenvalue weighted by Crippen LogP contribution is -2.48. The molecule has 4 heterocycles. The van der Waals surface area contributed by atoms with Gasteiger partial charge in [0.2, 0.25) is 12.2 Å². The molecule has 226 valence electrons. The van der Waals surface area contributed by atoms with Crippen LogP contribution in [-0.4, -0.2) is 83.1 Å². The Morgan fingerprint density at radius 3 is 2.80 bits per heavy atom. The first-order valence-corrected chi connectivity index (χ1v) is 15.7. The molecule has 0 amide bonds. The Morgan fingerprint density at radius 2 is 2.05 bits per heavy atom. The summed E-state index contributed by atoms with van der Waals surface area (Å²) < 4.78 is 12.0. The zero-order chi connectivity index (χ0) is 28.8. The van der Waals surface area contributed by atoms with Gasteiger partial charge in [-0.15, -0.1) is 5.10 Å². The van der Waals surface area contributed by atoms with E-state index in [0.29, 0.717) is 30.6 Å². The Kier molecular flexibility index (Phi) is 10.2. The number of H-pyrrole nitrogens is 1. The molecule has 0 bridgehead atoms. The number of piperidine rings is 2. The summed E-state index contributed by atoms with van der Waals surface area (Å²) in [6.45, 7) is 12.3. The quantitative estimate of drug-likeness (QED) is 0.335. The third kappa shape index (κ3) is 7.79. The fourth-order valence-corrected chi connectivity index (χ4v) is 6.93. The number of hydrogen-bond donors (Lipinski definition) is 4. The maximum atomic E-state index is 10.2. The van der Waals surface area contributed by atoms with Gasteiger partial charge in [-0.05, 0) is 86.7 Å². The fraction of sp³-hybridized carbons (Fsp3) is 0.667.